The van der Waals surface area contributed by atoms with E-state index in [-0.39, 0.29) is 11.5 Å². The highest BCUT2D eigenvalue weighted by molar-refractivity contribution is 9.10. The maximum atomic E-state index is 12.8. The van der Waals surface area contributed by atoms with Gasteiger partial charge in [-0.05, 0) is 40.5 Å². The summed E-state index contributed by atoms with van der Waals surface area (Å²) in [5.74, 6) is -0.490. The highest BCUT2D eigenvalue weighted by Gasteiger charge is 2.59. The van der Waals surface area contributed by atoms with Crippen molar-refractivity contribution in [2.24, 2.45) is 0 Å². The SMILES string of the molecule is Cc1ccc(OC(C(F)(F)F)C(F)(F)F)cc1-c1cnc2c(N)nc(Br)cn12. The number of rotatable bonds is 3. The van der Waals surface area contributed by atoms with Crippen molar-refractivity contribution in [2.75, 3.05) is 5.73 Å². The summed E-state index contributed by atoms with van der Waals surface area (Å²) in [6, 6.07) is 3.49. The number of halogens is 7. The fourth-order valence-electron chi connectivity index (χ4n) is 2.59. The normalized spacial score (nSPS) is 12.8. The van der Waals surface area contributed by atoms with E-state index in [0.29, 0.717) is 21.4 Å². The first kappa shape index (κ1) is 20.2. The second kappa shape index (κ2) is 6.83. The lowest BCUT2D eigenvalue weighted by molar-refractivity contribution is -0.299. The number of benzene rings is 1. The van der Waals surface area contributed by atoms with E-state index in [1.807, 2.05) is 0 Å². The number of aromatic nitrogens is 3. The highest BCUT2D eigenvalue weighted by Crippen LogP contribution is 2.38. The number of hydrogen-bond acceptors (Lipinski definition) is 4. The smallest absolute Gasteiger partial charge is 0.434 e. The number of nitrogen functional groups attached to an aromatic ring is 1. The molecule has 150 valence electrons. The number of hydrogen-bond donors (Lipinski definition) is 1. The molecule has 2 heterocycles. The van der Waals surface area contributed by atoms with Crippen molar-refractivity contribution in [3.8, 4) is 17.0 Å². The van der Waals surface area contributed by atoms with Crippen LogP contribution >= 0.6 is 15.9 Å². The maximum Gasteiger partial charge on any atom is 0.434 e. The molecular weight excluding hydrogens is 458 g/mol. The minimum atomic E-state index is -5.61. The molecule has 0 amide bonds. The van der Waals surface area contributed by atoms with E-state index in [1.54, 1.807) is 6.92 Å². The Kier molecular flexibility index (Phi) is 4.94. The fourth-order valence-corrected chi connectivity index (χ4v) is 2.98. The number of anilines is 1. The number of ether oxygens (including phenoxy) is 1. The Balaban J connectivity index is 2.08. The van der Waals surface area contributed by atoms with Crippen molar-refractivity contribution >= 4 is 27.4 Å². The summed E-state index contributed by atoms with van der Waals surface area (Å²) >= 11 is 3.17. The first-order chi connectivity index (χ1) is 12.9. The molecule has 0 unspecified atom stereocenters. The zero-order valence-electron chi connectivity index (χ0n) is 13.9. The zero-order valence-corrected chi connectivity index (χ0v) is 15.5. The van der Waals surface area contributed by atoms with Crippen LogP contribution in [0.25, 0.3) is 16.9 Å². The van der Waals surface area contributed by atoms with Gasteiger partial charge in [-0.1, -0.05) is 6.07 Å². The molecule has 0 saturated carbocycles. The van der Waals surface area contributed by atoms with Crippen molar-refractivity contribution in [3.63, 3.8) is 0 Å². The third-order valence-corrected chi connectivity index (χ3v) is 4.20. The van der Waals surface area contributed by atoms with Crippen molar-refractivity contribution in [1.29, 1.82) is 0 Å². The van der Waals surface area contributed by atoms with Crippen LogP contribution in [0.1, 0.15) is 5.56 Å². The van der Waals surface area contributed by atoms with Crippen LogP contribution in [-0.2, 0) is 0 Å². The molecule has 2 N–H and O–H groups in total. The molecule has 1 aromatic carbocycles. The van der Waals surface area contributed by atoms with E-state index >= 15 is 0 Å². The molecule has 12 heteroatoms. The van der Waals surface area contributed by atoms with Crippen LogP contribution in [0.15, 0.2) is 35.2 Å². The Bertz CT molecular complexity index is 1020. The third kappa shape index (κ3) is 3.86. The molecule has 0 fully saturated rings. The molecule has 0 radical (unpaired) electrons. The van der Waals surface area contributed by atoms with Crippen molar-refractivity contribution in [3.05, 3.63) is 40.8 Å². The lowest BCUT2D eigenvalue weighted by atomic mass is 10.1. The average Bonchev–Trinajstić information content (AvgIpc) is 2.95. The molecule has 0 spiro atoms. The first-order valence-electron chi connectivity index (χ1n) is 7.58. The van der Waals surface area contributed by atoms with Crippen LogP contribution in [-0.4, -0.2) is 32.8 Å². The van der Waals surface area contributed by atoms with Gasteiger partial charge in [0.25, 0.3) is 6.10 Å². The molecule has 0 aliphatic carbocycles. The van der Waals surface area contributed by atoms with E-state index in [2.05, 4.69) is 30.6 Å². The van der Waals surface area contributed by atoms with Gasteiger partial charge in [0.2, 0.25) is 0 Å². The minimum absolute atomic E-state index is 0.0971. The van der Waals surface area contributed by atoms with Gasteiger partial charge in [0.05, 0.1) is 11.9 Å². The maximum absolute atomic E-state index is 12.8. The summed E-state index contributed by atoms with van der Waals surface area (Å²) in [6.45, 7) is 1.64. The number of nitrogens with two attached hydrogens (primary N) is 1. The molecular formula is C16H11BrF6N4O. The molecule has 0 atom stereocenters. The van der Waals surface area contributed by atoms with Crippen molar-refractivity contribution < 1.29 is 31.1 Å². The van der Waals surface area contributed by atoms with Gasteiger partial charge < -0.3 is 10.5 Å². The van der Waals surface area contributed by atoms with Gasteiger partial charge in [0.15, 0.2) is 11.5 Å². The van der Waals surface area contributed by atoms with Crippen LogP contribution < -0.4 is 10.5 Å². The van der Waals surface area contributed by atoms with E-state index in [9.17, 15) is 26.3 Å². The molecule has 0 aliphatic heterocycles. The standard InChI is InChI=1S/C16H11BrF6N4O/c1-7-2-3-8(28-14(15(18,19)20)16(21,22)23)4-9(7)10-5-25-13-12(24)26-11(17)6-27(10)13/h2-6,14H,1H3,(H2,24,26). The zero-order chi connectivity index (χ0) is 20.9. The number of aryl methyl sites for hydroxylation is 1. The quantitative estimate of drug-likeness (QED) is 0.554. The lowest BCUT2D eigenvalue weighted by Crippen LogP contribution is -2.46. The highest BCUT2D eigenvalue weighted by atomic mass is 79.9. The van der Waals surface area contributed by atoms with Crippen LogP contribution in [0, 0.1) is 6.92 Å². The molecule has 28 heavy (non-hydrogen) atoms. The largest absolute Gasteiger partial charge is 0.471 e. The predicted octanol–water partition coefficient (Wildman–Crippen LogP) is 4.92. The predicted molar refractivity (Wildman–Crippen MR) is 91.8 cm³/mol. The van der Waals surface area contributed by atoms with Crippen molar-refractivity contribution in [1.82, 2.24) is 14.4 Å². The second-order valence-corrected chi connectivity index (χ2v) is 6.66. The van der Waals surface area contributed by atoms with E-state index in [0.717, 1.165) is 12.1 Å². The van der Waals surface area contributed by atoms with Gasteiger partial charge >= 0.3 is 12.4 Å². The number of nitrogens with zero attached hydrogens (tertiary/aromatic N) is 3. The van der Waals surface area contributed by atoms with E-state index in [1.165, 1.54) is 22.9 Å². The summed E-state index contributed by atoms with van der Waals surface area (Å²) in [4.78, 5) is 8.08. The van der Waals surface area contributed by atoms with Crippen LogP contribution in [0.2, 0.25) is 0 Å². The number of imidazole rings is 1. The Hall–Kier alpha value is -2.50. The summed E-state index contributed by atoms with van der Waals surface area (Å²) < 4.78 is 82.8. The molecule has 0 bridgehead atoms. The summed E-state index contributed by atoms with van der Waals surface area (Å²) in [5.41, 5.74) is 7.36. The number of fused-ring (bicyclic) bond motifs is 1. The van der Waals surface area contributed by atoms with Crippen LogP contribution in [0.4, 0.5) is 32.2 Å². The lowest BCUT2D eigenvalue weighted by Gasteiger charge is -2.24. The van der Waals surface area contributed by atoms with Gasteiger partial charge in [-0.25, -0.2) is 9.97 Å². The summed E-state index contributed by atoms with van der Waals surface area (Å²) in [5, 5.41) is 0. The average molecular weight is 469 g/mol. The van der Waals surface area contributed by atoms with Gasteiger partial charge in [-0.2, -0.15) is 26.3 Å². The minimum Gasteiger partial charge on any atom is -0.471 e. The van der Waals surface area contributed by atoms with Crippen LogP contribution in [0.3, 0.4) is 0 Å². The van der Waals surface area contributed by atoms with E-state index < -0.39 is 24.2 Å². The fraction of sp³-hybridized carbons (Fsp3) is 0.250. The third-order valence-electron chi connectivity index (χ3n) is 3.82. The molecule has 3 rings (SSSR count). The summed E-state index contributed by atoms with van der Waals surface area (Å²) in [7, 11) is 0. The van der Waals surface area contributed by atoms with Gasteiger partial charge in [-0.15, -0.1) is 0 Å². The Morgan fingerprint density at radius 2 is 1.79 bits per heavy atom. The van der Waals surface area contributed by atoms with Crippen molar-refractivity contribution in [2.45, 2.75) is 25.4 Å². The molecule has 0 saturated heterocycles. The molecule has 2 aromatic heterocycles. The van der Waals surface area contributed by atoms with Gasteiger partial charge in [-0.3, -0.25) is 4.40 Å². The monoisotopic (exact) mass is 468 g/mol. The van der Waals surface area contributed by atoms with Gasteiger partial charge in [0.1, 0.15) is 10.4 Å². The molecule has 3 aromatic rings. The Morgan fingerprint density at radius 3 is 2.39 bits per heavy atom. The molecule has 0 aliphatic rings. The first-order valence-corrected chi connectivity index (χ1v) is 8.37. The Labute approximate surface area is 162 Å². The molecule has 5 nitrogen and oxygen atoms in total. The summed E-state index contributed by atoms with van der Waals surface area (Å²) in [6.07, 6.45) is -12.3. The van der Waals surface area contributed by atoms with E-state index in [4.69, 9.17) is 5.73 Å². The Morgan fingerprint density at radius 1 is 1.14 bits per heavy atom. The van der Waals surface area contributed by atoms with Gasteiger partial charge in [0, 0.05) is 11.8 Å². The topological polar surface area (TPSA) is 65.4 Å². The number of alkyl halides is 6. The van der Waals surface area contributed by atoms with Crippen LogP contribution in [0.5, 0.6) is 5.75 Å². The second-order valence-electron chi connectivity index (χ2n) is 5.84.